The van der Waals surface area contributed by atoms with Gasteiger partial charge in [-0.3, -0.25) is 9.88 Å². The van der Waals surface area contributed by atoms with Gasteiger partial charge in [0, 0.05) is 59.8 Å². The van der Waals surface area contributed by atoms with Crippen molar-refractivity contribution in [2.24, 2.45) is 0 Å². The highest BCUT2D eigenvalue weighted by atomic mass is 35.5. The summed E-state index contributed by atoms with van der Waals surface area (Å²) >= 11 is 5.97. The summed E-state index contributed by atoms with van der Waals surface area (Å²) in [5.41, 5.74) is 4.33. The van der Waals surface area contributed by atoms with Gasteiger partial charge < -0.3 is 4.42 Å². The van der Waals surface area contributed by atoms with Crippen LogP contribution in [0.1, 0.15) is 17.0 Å². The van der Waals surface area contributed by atoms with Gasteiger partial charge in [-0.15, -0.1) is 0 Å². The number of pyridine rings is 1. The molecule has 0 spiro atoms. The van der Waals surface area contributed by atoms with Gasteiger partial charge in [-0.25, -0.2) is 9.97 Å². The Balaban J connectivity index is 1.29. The molecule has 1 aromatic carbocycles. The maximum absolute atomic E-state index is 6.06. The smallest absolute Gasteiger partial charge is 0.159 e. The van der Waals surface area contributed by atoms with Crippen LogP contribution in [-0.4, -0.2) is 26.4 Å². The van der Waals surface area contributed by atoms with Crippen LogP contribution in [0.25, 0.3) is 22.7 Å². The second kappa shape index (κ2) is 7.78. The third kappa shape index (κ3) is 3.92. The van der Waals surface area contributed by atoms with Crippen molar-refractivity contribution in [3.63, 3.8) is 0 Å². The Bertz CT molecular complexity index is 1130. The van der Waals surface area contributed by atoms with Gasteiger partial charge in [-0.2, -0.15) is 0 Å². The molecule has 1 aliphatic rings. The molecular weight excluding hydrogens is 384 g/mol. The summed E-state index contributed by atoms with van der Waals surface area (Å²) in [7, 11) is 0. The van der Waals surface area contributed by atoms with Gasteiger partial charge in [0.15, 0.2) is 5.82 Å². The van der Waals surface area contributed by atoms with E-state index in [4.69, 9.17) is 21.0 Å². The van der Waals surface area contributed by atoms with Gasteiger partial charge in [-0.1, -0.05) is 11.6 Å². The van der Waals surface area contributed by atoms with Crippen LogP contribution in [0.4, 0.5) is 0 Å². The van der Waals surface area contributed by atoms with E-state index in [0.717, 1.165) is 65.2 Å². The third-order valence-corrected chi connectivity index (χ3v) is 5.37. The second-order valence-electron chi connectivity index (χ2n) is 7.13. The number of furan rings is 1. The molecule has 0 atom stereocenters. The van der Waals surface area contributed by atoms with Gasteiger partial charge in [0.25, 0.3) is 0 Å². The van der Waals surface area contributed by atoms with E-state index in [1.165, 1.54) is 5.56 Å². The molecule has 0 saturated carbocycles. The molecule has 4 aromatic rings. The van der Waals surface area contributed by atoms with Crippen molar-refractivity contribution in [2.75, 3.05) is 6.54 Å². The lowest BCUT2D eigenvalue weighted by Crippen LogP contribution is -2.30. The predicted molar refractivity (Wildman–Crippen MR) is 112 cm³/mol. The van der Waals surface area contributed by atoms with E-state index in [-0.39, 0.29) is 0 Å². The quantitative estimate of drug-likeness (QED) is 0.480. The van der Waals surface area contributed by atoms with Crippen LogP contribution in [0, 0.1) is 0 Å². The molecule has 0 bridgehead atoms. The van der Waals surface area contributed by atoms with Crippen LogP contribution in [0.3, 0.4) is 0 Å². The molecule has 3 aromatic heterocycles. The molecule has 5 rings (SSSR count). The second-order valence-corrected chi connectivity index (χ2v) is 7.57. The lowest BCUT2D eigenvalue weighted by Gasteiger charge is -2.27. The van der Waals surface area contributed by atoms with Crippen molar-refractivity contribution in [3.05, 3.63) is 89.2 Å². The van der Waals surface area contributed by atoms with Gasteiger partial charge in [-0.05, 0) is 48.5 Å². The molecule has 0 saturated heterocycles. The van der Waals surface area contributed by atoms with Gasteiger partial charge in [0.2, 0.25) is 0 Å². The van der Waals surface area contributed by atoms with Gasteiger partial charge in [0.05, 0.1) is 12.2 Å². The molecule has 144 valence electrons. The Kier molecular flexibility index (Phi) is 4.84. The topological polar surface area (TPSA) is 55.1 Å². The Morgan fingerprint density at radius 3 is 2.62 bits per heavy atom. The SMILES string of the molecule is Clc1ccc(-c2ccc(CN3CCc4nc(-c5ccncc5)ncc4C3)o2)cc1. The standard InChI is InChI=1S/C23H19ClN4O/c24-19-3-1-16(2-4-19)22-6-5-20(29-22)15-28-12-9-21-18(14-28)13-26-23(27-21)17-7-10-25-11-8-17/h1-8,10-11,13H,9,12,14-15H2. The molecule has 0 unspecified atom stereocenters. The fourth-order valence-electron chi connectivity index (χ4n) is 3.60. The molecule has 1 aliphatic heterocycles. The first kappa shape index (κ1) is 18.0. The monoisotopic (exact) mass is 402 g/mol. The van der Waals surface area contributed by atoms with Crippen molar-refractivity contribution in [3.8, 4) is 22.7 Å². The van der Waals surface area contributed by atoms with Gasteiger partial charge in [0.1, 0.15) is 11.5 Å². The van der Waals surface area contributed by atoms with Crippen molar-refractivity contribution in [2.45, 2.75) is 19.5 Å². The Morgan fingerprint density at radius 2 is 1.79 bits per heavy atom. The summed E-state index contributed by atoms with van der Waals surface area (Å²) in [6.45, 7) is 2.53. The maximum Gasteiger partial charge on any atom is 0.159 e. The number of benzene rings is 1. The molecule has 0 N–H and O–H groups in total. The van der Waals surface area contributed by atoms with E-state index in [1.807, 2.05) is 54.7 Å². The highest BCUT2D eigenvalue weighted by molar-refractivity contribution is 6.30. The van der Waals surface area contributed by atoms with Crippen LogP contribution in [0.15, 0.2) is 71.5 Å². The minimum atomic E-state index is 0.724. The largest absolute Gasteiger partial charge is 0.460 e. The van der Waals surface area contributed by atoms with Crippen LogP contribution >= 0.6 is 11.6 Å². The number of hydrogen-bond acceptors (Lipinski definition) is 5. The first-order valence-corrected chi connectivity index (χ1v) is 9.94. The Labute approximate surface area is 174 Å². The van der Waals surface area contributed by atoms with Crippen molar-refractivity contribution in [1.82, 2.24) is 19.9 Å². The number of halogens is 1. The number of aromatic nitrogens is 3. The summed E-state index contributed by atoms with van der Waals surface area (Å²) < 4.78 is 6.06. The molecule has 5 nitrogen and oxygen atoms in total. The average molecular weight is 403 g/mol. The first-order chi connectivity index (χ1) is 14.2. The summed E-state index contributed by atoms with van der Waals surface area (Å²) in [5, 5.41) is 0.724. The molecular formula is C23H19ClN4O. The zero-order chi connectivity index (χ0) is 19.6. The lowest BCUT2D eigenvalue weighted by molar-refractivity contribution is 0.224. The van der Waals surface area contributed by atoms with E-state index < -0.39 is 0 Å². The van der Waals surface area contributed by atoms with Gasteiger partial charge >= 0.3 is 0 Å². The Hall–Kier alpha value is -3.02. The minimum Gasteiger partial charge on any atom is -0.460 e. The third-order valence-electron chi connectivity index (χ3n) is 5.12. The first-order valence-electron chi connectivity index (χ1n) is 9.57. The molecule has 0 amide bonds. The van der Waals surface area contributed by atoms with Crippen LogP contribution in [0.2, 0.25) is 5.02 Å². The van der Waals surface area contributed by atoms with Crippen molar-refractivity contribution < 1.29 is 4.42 Å². The zero-order valence-corrected chi connectivity index (χ0v) is 16.5. The van der Waals surface area contributed by atoms with E-state index >= 15 is 0 Å². The van der Waals surface area contributed by atoms with Crippen LogP contribution < -0.4 is 0 Å². The minimum absolute atomic E-state index is 0.724. The van der Waals surface area contributed by atoms with E-state index in [9.17, 15) is 0 Å². The fourth-order valence-corrected chi connectivity index (χ4v) is 3.73. The van der Waals surface area contributed by atoms with E-state index in [0.29, 0.717) is 0 Å². The summed E-state index contributed by atoms with van der Waals surface area (Å²) in [6.07, 6.45) is 6.38. The summed E-state index contributed by atoms with van der Waals surface area (Å²) in [6, 6.07) is 15.6. The molecule has 4 heterocycles. The molecule has 29 heavy (non-hydrogen) atoms. The highest BCUT2D eigenvalue weighted by Gasteiger charge is 2.20. The maximum atomic E-state index is 6.06. The van der Waals surface area contributed by atoms with E-state index in [2.05, 4.69) is 14.9 Å². The number of fused-ring (bicyclic) bond motifs is 1. The summed E-state index contributed by atoms with van der Waals surface area (Å²) in [4.78, 5) is 15.8. The predicted octanol–water partition coefficient (Wildman–Crippen LogP) is 5.01. The lowest BCUT2D eigenvalue weighted by atomic mass is 10.1. The highest BCUT2D eigenvalue weighted by Crippen LogP contribution is 2.26. The number of rotatable bonds is 4. The molecule has 0 radical (unpaired) electrons. The zero-order valence-electron chi connectivity index (χ0n) is 15.8. The normalized spacial score (nSPS) is 14.0. The van der Waals surface area contributed by atoms with E-state index in [1.54, 1.807) is 12.4 Å². The molecule has 0 fully saturated rings. The number of nitrogens with zero attached hydrogens (tertiary/aromatic N) is 4. The summed E-state index contributed by atoms with van der Waals surface area (Å²) in [5.74, 6) is 2.57. The Morgan fingerprint density at radius 1 is 0.966 bits per heavy atom. The molecule has 0 aliphatic carbocycles. The molecule has 6 heteroatoms. The average Bonchev–Trinajstić information content (AvgIpc) is 3.23. The van der Waals surface area contributed by atoms with Crippen LogP contribution in [0.5, 0.6) is 0 Å². The number of hydrogen-bond donors (Lipinski definition) is 0. The fraction of sp³-hybridized carbons (Fsp3) is 0.174. The van der Waals surface area contributed by atoms with Crippen LogP contribution in [-0.2, 0) is 19.5 Å². The van der Waals surface area contributed by atoms with Crippen molar-refractivity contribution in [1.29, 1.82) is 0 Å². The van der Waals surface area contributed by atoms with Crippen molar-refractivity contribution >= 4 is 11.6 Å².